The topological polar surface area (TPSA) is 64.6 Å². The molecule has 0 aliphatic carbocycles. The van der Waals surface area contributed by atoms with Gasteiger partial charge in [0.2, 0.25) is 0 Å². The molecular formula is C14H20FNO4S. The summed E-state index contributed by atoms with van der Waals surface area (Å²) in [7, 11) is -1.38. The Bertz CT molecular complexity index is 576. The SMILES string of the molecule is COCCNCc1cc(F)cc(OC2CCS(=O)(=O)C2)c1. The number of methoxy groups -OCH3 is 1. The molecule has 1 fully saturated rings. The molecule has 0 aromatic heterocycles. The first-order chi connectivity index (χ1) is 9.98. The molecule has 2 rings (SSSR count). The van der Waals surface area contributed by atoms with E-state index >= 15 is 0 Å². The molecule has 1 aromatic rings. The lowest BCUT2D eigenvalue weighted by atomic mass is 10.2. The minimum Gasteiger partial charge on any atom is -0.489 e. The van der Waals surface area contributed by atoms with E-state index in [1.54, 1.807) is 13.2 Å². The van der Waals surface area contributed by atoms with Crippen molar-refractivity contribution in [1.29, 1.82) is 0 Å². The average molecular weight is 317 g/mol. The van der Waals surface area contributed by atoms with E-state index in [0.717, 1.165) is 5.56 Å². The van der Waals surface area contributed by atoms with Crippen LogP contribution in [0.25, 0.3) is 0 Å². The van der Waals surface area contributed by atoms with Crippen LogP contribution in [0.4, 0.5) is 4.39 Å². The molecule has 0 amide bonds. The number of rotatable bonds is 7. The van der Waals surface area contributed by atoms with Gasteiger partial charge in [-0.15, -0.1) is 0 Å². The first-order valence-corrected chi connectivity index (χ1v) is 8.67. The third kappa shape index (κ3) is 5.26. The van der Waals surface area contributed by atoms with Gasteiger partial charge in [0.15, 0.2) is 9.84 Å². The minimum atomic E-state index is -3.00. The highest BCUT2D eigenvalue weighted by Gasteiger charge is 2.29. The number of nitrogens with one attached hydrogen (secondary N) is 1. The fourth-order valence-corrected chi connectivity index (χ4v) is 3.83. The number of ether oxygens (including phenoxy) is 2. The summed E-state index contributed by atoms with van der Waals surface area (Å²) < 4.78 is 46.9. The van der Waals surface area contributed by atoms with Gasteiger partial charge in [0.05, 0.1) is 18.1 Å². The van der Waals surface area contributed by atoms with Crippen molar-refractivity contribution in [2.24, 2.45) is 0 Å². The number of hydrogen-bond acceptors (Lipinski definition) is 5. The van der Waals surface area contributed by atoms with E-state index in [1.165, 1.54) is 12.1 Å². The highest BCUT2D eigenvalue weighted by molar-refractivity contribution is 7.91. The van der Waals surface area contributed by atoms with Crippen molar-refractivity contribution in [2.75, 3.05) is 31.8 Å². The Morgan fingerprint density at radius 2 is 2.19 bits per heavy atom. The van der Waals surface area contributed by atoms with E-state index in [1.807, 2.05) is 0 Å². The molecule has 1 aromatic carbocycles. The summed E-state index contributed by atoms with van der Waals surface area (Å²) in [5.74, 6) is 0.126. The van der Waals surface area contributed by atoms with Crippen molar-refractivity contribution in [3.05, 3.63) is 29.6 Å². The predicted molar refractivity (Wildman–Crippen MR) is 77.7 cm³/mol. The average Bonchev–Trinajstić information content (AvgIpc) is 2.73. The monoisotopic (exact) mass is 317 g/mol. The predicted octanol–water partition coefficient (Wildman–Crippen LogP) is 1.13. The van der Waals surface area contributed by atoms with Crippen molar-refractivity contribution in [2.45, 2.75) is 19.1 Å². The van der Waals surface area contributed by atoms with Crippen molar-refractivity contribution < 1.29 is 22.3 Å². The van der Waals surface area contributed by atoms with Crippen LogP contribution in [-0.4, -0.2) is 46.3 Å². The van der Waals surface area contributed by atoms with Crippen molar-refractivity contribution in [3.8, 4) is 5.75 Å². The molecule has 0 radical (unpaired) electrons. The lowest BCUT2D eigenvalue weighted by Crippen LogP contribution is -2.19. The minimum absolute atomic E-state index is 0.00490. The summed E-state index contributed by atoms with van der Waals surface area (Å²) in [6.45, 7) is 1.75. The highest BCUT2D eigenvalue weighted by atomic mass is 32.2. The van der Waals surface area contributed by atoms with Crippen LogP contribution in [0.3, 0.4) is 0 Å². The fourth-order valence-electron chi connectivity index (χ4n) is 2.24. The molecule has 1 saturated heterocycles. The first-order valence-electron chi connectivity index (χ1n) is 6.85. The van der Waals surface area contributed by atoms with Crippen molar-refractivity contribution in [3.63, 3.8) is 0 Å². The van der Waals surface area contributed by atoms with Gasteiger partial charge in [-0.3, -0.25) is 0 Å². The molecule has 1 unspecified atom stereocenters. The zero-order valence-corrected chi connectivity index (χ0v) is 12.8. The standard InChI is InChI=1S/C14H20FNO4S/c1-19-4-3-16-9-11-6-12(15)8-14(7-11)20-13-2-5-21(17,18)10-13/h6-8,13,16H,2-5,9-10H2,1H3. The molecule has 0 bridgehead atoms. The van der Waals surface area contributed by atoms with Crippen LogP contribution in [0.5, 0.6) is 5.75 Å². The molecule has 1 atom stereocenters. The number of halogens is 1. The molecule has 21 heavy (non-hydrogen) atoms. The Morgan fingerprint density at radius 3 is 2.86 bits per heavy atom. The normalized spacial score (nSPS) is 20.6. The van der Waals surface area contributed by atoms with Crippen molar-refractivity contribution in [1.82, 2.24) is 5.32 Å². The van der Waals surface area contributed by atoms with Crippen LogP contribution in [-0.2, 0) is 21.1 Å². The largest absolute Gasteiger partial charge is 0.489 e. The van der Waals surface area contributed by atoms with Gasteiger partial charge in [-0.05, 0) is 24.1 Å². The lowest BCUT2D eigenvalue weighted by Gasteiger charge is -2.13. The number of sulfone groups is 1. The Labute approximate surface area is 124 Å². The van der Waals surface area contributed by atoms with Crippen LogP contribution in [0.15, 0.2) is 18.2 Å². The smallest absolute Gasteiger partial charge is 0.154 e. The fraction of sp³-hybridized carbons (Fsp3) is 0.571. The third-order valence-corrected chi connectivity index (χ3v) is 4.97. The molecule has 1 heterocycles. The summed E-state index contributed by atoms with van der Waals surface area (Å²) in [5.41, 5.74) is 0.752. The van der Waals surface area contributed by atoms with E-state index < -0.39 is 15.7 Å². The van der Waals surface area contributed by atoms with E-state index in [2.05, 4.69) is 5.32 Å². The summed E-state index contributed by atoms with van der Waals surface area (Å²) in [5, 5.41) is 3.12. The van der Waals surface area contributed by atoms with Gasteiger partial charge < -0.3 is 14.8 Å². The van der Waals surface area contributed by atoms with Crippen LogP contribution in [0.1, 0.15) is 12.0 Å². The molecule has 1 aliphatic rings. The zero-order chi connectivity index (χ0) is 15.3. The Balaban J connectivity index is 1.95. The van der Waals surface area contributed by atoms with Crippen LogP contribution >= 0.6 is 0 Å². The van der Waals surface area contributed by atoms with Gasteiger partial charge in [-0.2, -0.15) is 0 Å². The Kier molecular flexibility index (Phi) is 5.55. The molecule has 1 N–H and O–H groups in total. The van der Waals surface area contributed by atoms with E-state index in [9.17, 15) is 12.8 Å². The maximum absolute atomic E-state index is 13.6. The van der Waals surface area contributed by atoms with Gasteiger partial charge in [-0.1, -0.05) is 0 Å². The molecule has 5 nitrogen and oxygen atoms in total. The third-order valence-electron chi connectivity index (χ3n) is 3.24. The highest BCUT2D eigenvalue weighted by Crippen LogP contribution is 2.22. The van der Waals surface area contributed by atoms with E-state index in [-0.39, 0.29) is 17.6 Å². The van der Waals surface area contributed by atoms with Gasteiger partial charge in [0, 0.05) is 26.3 Å². The second-order valence-electron chi connectivity index (χ2n) is 5.11. The first kappa shape index (κ1) is 16.2. The second kappa shape index (κ2) is 7.20. The van der Waals surface area contributed by atoms with Gasteiger partial charge in [-0.25, -0.2) is 12.8 Å². The lowest BCUT2D eigenvalue weighted by molar-refractivity contribution is 0.199. The van der Waals surface area contributed by atoms with Gasteiger partial charge in [0.25, 0.3) is 0 Å². The quantitative estimate of drug-likeness (QED) is 0.764. The van der Waals surface area contributed by atoms with Crippen LogP contribution in [0.2, 0.25) is 0 Å². The second-order valence-corrected chi connectivity index (χ2v) is 7.34. The van der Waals surface area contributed by atoms with Crippen LogP contribution < -0.4 is 10.1 Å². The molecule has 118 valence electrons. The molecule has 0 spiro atoms. The molecule has 7 heteroatoms. The van der Waals surface area contributed by atoms with Crippen LogP contribution in [0, 0.1) is 5.82 Å². The maximum atomic E-state index is 13.6. The molecule has 1 aliphatic heterocycles. The summed E-state index contributed by atoms with van der Waals surface area (Å²) in [6.07, 6.45) is 0.0754. The number of benzene rings is 1. The Morgan fingerprint density at radius 1 is 1.38 bits per heavy atom. The molecular weight excluding hydrogens is 297 g/mol. The van der Waals surface area contributed by atoms with E-state index in [4.69, 9.17) is 9.47 Å². The molecule has 0 saturated carbocycles. The van der Waals surface area contributed by atoms with Gasteiger partial charge in [0.1, 0.15) is 17.7 Å². The van der Waals surface area contributed by atoms with E-state index in [0.29, 0.717) is 31.9 Å². The van der Waals surface area contributed by atoms with Gasteiger partial charge >= 0.3 is 0 Å². The Hall–Kier alpha value is -1.18. The summed E-state index contributed by atoms with van der Waals surface area (Å²) in [6, 6.07) is 4.44. The zero-order valence-electron chi connectivity index (χ0n) is 12.0. The summed E-state index contributed by atoms with van der Waals surface area (Å²) >= 11 is 0. The van der Waals surface area contributed by atoms with Crippen molar-refractivity contribution >= 4 is 9.84 Å². The summed E-state index contributed by atoms with van der Waals surface area (Å²) in [4.78, 5) is 0. The maximum Gasteiger partial charge on any atom is 0.154 e. The number of hydrogen-bond donors (Lipinski definition) is 1.